The minimum atomic E-state index is 0.0341. The van der Waals surface area contributed by atoms with E-state index in [2.05, 4.69) is 10.3 Å². The molecule has 1 rings (SSSR count). The zero-order valence-corrected chi connectivity index (χ0v) is 7.18. The van der Waals surface area contributed by atoms with Crippen LogP contribution in [0.25, 0.3) is 0 Å². The van der Waals surface area contributed by atoms with Crippen LogP contribution in [0.3, 0.4) is 0 Å². The third-order valence-corrected chi connectivity index (χ3v) is 1.56. The van der Waals surface area contributed by atoms with Crippen LogP contribution in [-0.4, -0.2) is 17.9 Å². The summed E-state index contributed by atoms with van der Waals surface area (Å²) in [4.78, 5) is 4.18. The molecule has 0 radical (unpaired) electrons. The van der Waals surface area contributed by atoms with Crippen LogP contribution in [0.1, 0.15) is 11.3 Å². The lowest BCUT2D eigenvalue weighted by Crippen LogP contribution is -2.14. The fourth-order valence-electron chi connectivity index (χ4n) is 0.965. The lowest BCUT2D eigenvalue weighted by atomic mass is 10.2. The van der Waals surface area contributed by atoms with Crippen molar-refractivity contribution in [3.8, 4) is 0 Å². The first-order valence-electron chi connectivity index (χ1n) is 3.65. The van der Waals surface area contributed by atoms with Gasteiger partial charge in [-0.3, -0.25) is 5.41 Å². The Morgan fingerprint density at radius 3 is 2.75 bits per heavy atom. The van der Waals surface area contributed by atoms with Crippen molar-refractivity contribution in [3.05, 3.63) is 23.4 Å². The van der Waals surface area contributed by atoms with E-state index in [1.54, 1.807) is 13.1 Å². The minimum Gasteiger partial charge on any atom is -0.384 e. The zero-order chi connectivity index (χ0) is 9.14. The number of aromatic nitrogens is 1. The maximum atomic E-state index is 7.25. The first-order chi connectivity index (χ1) is 5.65. The molecule has 4 nitrogen and oxygen atoms in total. The van der Waals surface area contributed by atoms with Gasteiger partial charge in [-0.1, -0.05) is 0 Å². The maximum absolute atomic E-state index is 7.25. The molecule has 4 heteroatoms. The summed E-state index contributed by atoms with van der Waals surface area (Å²) in [5.74, 6) is 0.689. The Morgan fingerprint density at radius 1 is 1.58 bits per heavy atom. The summed E-state index contributed by atoms with van der Waals surface area (Å²) in [7, 11) is 1.76. The van der Waals surface area contributed by atoms with Crippen LogP contribution in [0.5, 0.6) is 0 Å². The fraction of sp³-hybridized carbons (Fsp3) is 0.250. The number of anilines is 1. The van der Waals surface area contributed by atoms with Crippen LogP contribution >= 0.6 is 0 Å². The van der Waals surface area contributed by atoms with Gasteiger partial charge in [0.05, 0.1) is 5.56 Å². The van der Waals surface area contributed by atoms with Crippen molar-refractivity contribution in [2.75, 3.05) is 12.4 Å². The van der Waals surface area contributed by atoms with Gasteiger partial charge >= 0.3 is 0 Å². The summed E-state index contributed by atoms with van der Waals surface area (Å²) in [5, 5.41) is 10.1. The normalized spacial score (nSPS) is 9.50. The van der Waals surface area contributed by atoms with Crippen LogP contribution < -0.4 is 11.1 Å². The van der Waals surface area contributed by atoms with Gasteiger partial charge in [0.1, 0.15) is 11.7 Å². The van der Waals surface area contributed by atoms with Crippen LogP contribution in [0.4, 0.5) is 5.82 Å². The fourth-order valence-corrected chi connectivity index (χ4v) is 0.965. The summed E-state index contributed by atoms with van der Waals surface area (Å²) < 4.78 is 0. The van der Waals surface area contributed by atoms with E-state index in [-0.39, 0.29) is 5.84 Å². The Labute approximate surface area is 71.3 Å². The highest BCUT2D eigenvalue weighted by atomic mass is 15.0. The standard InChI is InChI=1S/C8H12N4/c1-5-3-4-6(7(9)10)8(11-2)12-5/h3-4H,1-2H3,(H3,9,10)(H,11,12). The van der Waals surface area contributed by atoms with Crippen LogP contribution in [0.2, 0.25) is 0 Å². The summed E-state index contributed by atoms with van der Waals surface area (Å²) in [5.41, 5.74) is 6.89. The molecule has 0 aromatic carbocycles. The van der Waals surface area contributed by atoms with Crippen molar-refractivity contribution in [3.63, 3.8) is 0 Å². The highest BCUT2D eigenvalue weighted by molar-refractivity contribution is 5.99. The molecule has 0 aliphatic heterocycles. The monoisotopic (exact) mass is 164 g/mol. The van der Waals surface area contributed by atoms with Crippen LogP contribution in [-0.2, 0) is 0 Å². The number of nitrogens with zero attached hydrogens (tertiary/aromatic N) is 1. The molecule has 0 saturated heterocycles. The van der Waals surface area contributed by atoms with Crippen molar-refractivity contribution in [2.45, 2.75) is 6.92 Å². The molecule has 1 aromatic rings. The van der Waals surface area contributed by atoms with Crippen LogP contribution in [0, 0.1) is 12.3 Å². The number of nitrogen functional groups attached to an aromatic ring is 1. The molecule has 0 fully saturated rings. The summed E-state index contributed by atoms with van der Waals surface area (Å²) in [6.45, 7) is 1.89. The molecule has 0 amide bonds. The van der Waals surface area contributed by atoms with E-state index in [0.717, 1.165) is 5.69 Å². The van der Waals surface area contributed by atoms with Gasteiger partial charge in [-0.15, -0.1) is 0 Å². The van der Waals surface area contributed by atoms with Gasteiger partial charge < -0.3 is 11.1 Å². The Hall–Kier alpha value is -1.58. The Bertz CT molecular complexity index is 306. The Kier molecular flexibility index (Phi) is 2.28. The van der Waals surface area contributed by atoms with Gasteiger partial charge in [-0.25, -0.2) is 4.98 Å². The first kappa shape index (κ1) is 8.52. The second-order valence-corrected chi connectivity index (χ2v) is 2.51. The van der Waals surface area contributed by atoms with Crippen molar-refractivity contribution >= 4 is 11.7 Å². The van der Waals surface area contributed by atoms with E-state index in [1.165, 1.54) is 0 Å². The van der Waals surface area contributed by atoms with Crippen molar-refractivity contribution in [1.82, 2.24) is 4.98 Å². The zero-order valence-electron chi connectivity index (χ0n) is 7.18. The average Bonchev–Trinajstić information content (AvgIpc) is 2.03. The van der Waals surface area contributed by atoms with Crippen molar-refractivity contribution in [1.29, 1.82) is 5.41 Å². The molecule has 1 heterocycles. The summed E-state index contributed by atoms with van der Waals surface area (Å²) >= 11 is 0. The van der Waals surface area contributed by atoms with E-state index in [0.29, 0.717) is 11.4 Å². The smallest absolute Gasteiger partial charge is 0.136 e. The second-order valence-electron chi connectivity index (χ2n) is 2.51. The molecule has 0 unspecified atom stereocenters. The predicted molar refractivity (Wildman–Crippen MR) is 49.5 cm³/mol. The van der Waals surface area contributed by atoms with Gasteiger partial charge in [-0.05, 0) is 19.1 Å². The number of aryl methyl sites for hydroxylation is 1. The quantitative estimate of drug-likeness (QED) is 0.445. The van der Waals surface area contributed by atoms with E-state index in [9.17, 15) is 0 Å². The number of rotatable bonds is 2. The van der Waals surface area contributed by atoms with E-state index in [4.69, 9.17) is 11.1 Å². The first-order valence-corrected chi connectivity index (χ1v) is 3.65. The number of nitrogens with two attached hydrogens (primary N) is 1. The highest BCUT2D eigenvalue weighted by Gasteiger charge is 2.04. The van der Waals surface area contributed by atoms with Gasteiger partial charge in [0.15, 0.2) is 0 Å². The van der Waals surface area contributed by atoms with Gasteiger partial charge in [-0.2, -0.15) is 0 Å². The molecule has 64 valence electrons. The highest BCUT2D eigenvalue weighted by Crippen LogP contribution is 2.11. The average molecular weight is 164 g/mol. The molecule has 0 spiro atoms. The molecule has 0 aliphatic carbocycles. The number of hydrogen-bond acceptors (Lipinski definition) is 3. The molecule has 0 saturated carbocycles. The van der Waals surface area contributed by atoms with Gasteiger partial charge in [0, 0.05) is 12.7 Å². The molecule has 0 bridgehead atoms. The summed E-state index contributed by atoms with van der Waals surface area (Å²) in [6.07, 6.45) is 0. The Balaban J connectivity index is 3.20. The number of pyridine rings is 1. The molecule has 4 N–H and O–H groups in total. The molecular weight excluding hydrogens is 152 g/mol. The minimum absolute atomic E-state index is 0.0341. The third kappa shape index (κ3) is 1.53. The lowest BCUT2D eigenvalue weighted by Gasteiger charge is -2.06. The number of amidine groups is 1. The van der Waals surface area contributed by atoms with Gasteiger partial charge in [0.25, 0.3) is 0 Å². The second kappa shape index (κ2) is 3.21. The molecule has 0 atom stereocenters. The number of hydrogen-bond donors (Lipinski definition) is 3. The van der Waals surface area contributed by atoms with Gasteiger partial charge in [0.2, 0.25) is 0 Å². The molecular formula is C8H12N4. The Morgan fingerprint density at radius 2 is 2.25 bits per heavy atom. The van der Waals surface area contributed by atoms with Crippen molar-refractivity contribution in [2.24, 2.45) is 5.73 Å². The predicted octanol–water partition coefficient (Wildman–Crippen LogP) is 0.716. The number of nitrogens with one attached hydrogen (secondary N) is 2. The molecule has 1 aromatic heterocycles. The molecule has 0 aliphatic rings. The summed E-state index contributed by atoms with van der Waals surface area (Å²) in [6, 6.07) is 3.62. The van der Waals surface area contributed by atoms with E-state index >= 15 is 0 Å². The van der Waals surface area contributed by atoms with E-state index in [1.807, 2.05) is 13.0 Å². The SMILES string of the molecule is CNc1nc(C)ccc1C(=N)N. The van der Waals surface area contributed by atoms with Crippen LogP contribution in [0.15, 0.2) is 12.1 Å². The van der Waals surface area contributed by atoms with E-state index < -0.39 is 0 Å². The third-order valence-electron chi connectivity index (χ3n) is 1.56. The topological polar surface area (TPSA) is 74.8 Å². The largest absolute Gasteiger partial charge is 0.384 e. The molecule has 12 heavy (non-hydrogen) atoms. The maximum Gasteiger partial charge on any atom is 0.136 e. The lowest BCUT2D eigenvalue weighted by molar-refractivity contribution is 1.18. The van der Waals surface area contributed by atoms with Crippen molar-refractivity contribution < 1.29 is 0 Å².